The Labute approximate surface area is 75.3 Å². The fourth-order valence-electron chi connectivity index (χ4n) is 1.01. The van der Waals surface area contributed by atoms with Gasteiger partial charge in [-0.1, -0.05) is 0 Å². The molecule has 0 spiro atoms. The van der Waals surface area contributed by atoms with Crippen LogP contribution in [-0.2, 0) is 0 Å². The summed E-state index contributed by atoms with van der Waals surface area (Å²) < 4.78 is 17.8. The molecule has 0 fully saturated rings. The molecule has 0 aliphatic heterocycles. The molecule has 0 unspecified atom stereocenters. The smallest absolute Gasteiger partial charge is 0.163 e. The van der Waals surface area contributed by atoms with Gasteiger partial charge in [-0.2, -0.15) is 0 Å². The van der Waals surface area contributed by atoms with E-state index in [1.54, 1.807) is 0 Å². The van der Waals surface area contributed by atoms with Crippen LogP contribution in [0, 0.1) is 5.82 Å². The first kappa shape index (κ1) is 9.51. The van der Waals surface area contributed by atoms with E-state index in [2.05, 4.69) is 0 Å². The van der Waals surface area contributed by atoms with Crippen LogP contribution >= 0.6 is 0 Å². The Hall–Kier alpha value is -1.58. The van der Waals surface area contributed by atoms with Crippen molar-refractivity contribution < 1.29 is 13.9 Å². The van der Waals surface area contributed by atoms with Crippen molar-refractivity contribution in [2.75, 3.05) is 12.8 Å². The lowest BCUT2D eigenvalue weighted by Gasteiger charge is -2.06. The Morgan fingerprint density at radius 2 is 2.15 bits per heavy atom. The molecule has 0 aromatic heterocycles. The minimum atomic E-state index is -0.606. The number of anilines is 1. The van der Waals surface area contributed by atoms with Gasteiger partial charge >= 0.3 is 0 Å². The number of benzene rings is 1. The van der Waals surface area contributed by atoms with Crippen LogP contribution in [-0.4, -0.2) is 12.9 Å². The molecule has 2 N–H and O–H groups in total. The molecule has 0 aliphatic carbocycles. The molecule has 0 atom stereocenters. The van der Waals surface area contributed by atoms with Gasteiger partial charge in [-0.3, -0.25) is 4.79 Å². The summed E-state index contributed by atoms with van der Waals surface area (Å²) in [4.78, 5) is 11.0. The zero-order chi connectivity index (χ0) is 10.0. The maximum atomic E-state index is 12.9. The lowest BCUT2D eigenvalue weighted by molar-refractivity contribution is 0.101. The SMILES string of the molecule is COc1cc(N)c(F)cc1C(C)=O. The van der Waals surface area contributed by atoms with Crippen molar-refractivity contribution in [1.82, 2.24) is 0 Å². The zero-order valence-electron chi connectivity index (χ0n) is 7.43. The molecule has 13 heavy (non-hydrogen) atoms. The highest BCUT2D eigenvalue weighted by atomic mass is 19.1. The monoisotopic (exact) mass is 183 g/mol. The first-order valence-corrected chi connectivity index (χ1v) is 3.70. The summed E-state index contributed by atoms with van der Waals surface area (Å²) in [6.07, 6.45) is 0. The molecule has 70 valence electrons. The molecule has 1 aromatic carbocycles. The third kappa shape index (κ3) is 1.77. The highest BCUT2D eigenvalue weighted by molar-refractivity contribution is 5.97. The van der Waals surface area contributed by atoms with E-state index in [4.69, 9.17) is 10.5 Å². The van der Waals surface area contributed by atoms with Gasteiger partial charge in [-0.25, -0.2) is 4.39 Å². The number of nitrogen functional groups attached to an aromatic ring is 1. The topological polar surface area (TPSA) is 52.3 Å². The van der Waals surface area contributed by atoms with E-state index in [1.165, 1.54) is 20.1 Å². The van der Waals surface area contributed by atoms with Gasteiger partial charge in [0.2, 0.25) is 0 Å². The minimum absolute atomic E-state index is 0.0261. The predicted molar refractivity (Wildman–Crippen MR) is 47.4 cm³/mol. The van der Waals surface area contributed by atoms with Crippen molar-refractivity contribution in [3.05, 3.63) is 23.5 Å². The molecule has 0 bridgehead atoms. The third-order valence-corrected chi connectivity index (χ3v) is 1.70. The van der Waals surface area contributed by atoms with Crippen LogP contribution in [0.4, 0.5) is 10.1 Å². The van der Waals surface area contributed by atoms with Gasteiger partial charge in [-0.15, -0.1) is 0 Å². The molecular weight excluding hydrogens is 173 g/mol. The van der Waals surface area contributed by atoms with Crippen molar-refractivity contribution in [2.45, 2.75) is 6.92 Å². The number of ketones is 1. The number of carbonyl (C=O) groups is 1. The number of ether oxygens (including phenoxy) is 1. The Kier molecular flexibility index (Phi) is 2.51. The molecule has 0 saturated heterocycles. The van der Waals surface area contributed by atoms with Gasteiger partial charge in [0.05, 0.1) is 18.4 Å². The molecule has 0 heterocycles. The van der Waals surface area contributed by atoms with Crippen molar-refractivity contribution >= 4 is 11.5 Å². The van der Waals surface area contributed by atoms with E-state index in [0.29, 0.717) is 5.75 Å². The fraction of sp³-hybridized carbons (Fsp3) is 0.222. The molecule has 1 rings (SSSR count). The second kappa shape index (κ2) is 3.43. The Morgan fingerprint density at radius 1 is 1.54 bits per heavy atom. The number of Topliss-reactive ketones (excluding diaryl/α,β-unsaturated/α-hetero) is 1. The Morgan fingerprint density at radius 3 is 2.62 bits per heavy atom. The number of nitrogens with two attached hydrogens (primary N) is 1. The van der Waals surface area contributed by atoms with E-state index in [9.17, 15) is 9.18 Å². The summed E-state index contributed by atoms with van der Waals surface area (Å²) in [5.41, 5.74) is 5.48. The summed E-state index contributed by atoms with van der Waals surface area (Å²) >= 11 is 0. The highest BCUT2D eigenvalue weighted by Crippen LogP contribution is 2.24. The van der Waals surface area contributed by atoms with Gasteiger partial charge in [0.15, 0.2) is 5.78 Å². The predicted octanol–water partition coefficient (Wildman–Crippen LogP) is 1.62. The lowest BCUT2D eigenvalue weighted by atomic mass is 10.1. The van der Waals surface area contributed by atoms with Gasteiger partial charge in [0.25, 0.3) is 0 Å². The van der Waals surface area contributed by atoms with E-state index in [-0.39, 0.29) is 17.0 Å². The number of methoxy groups -OCH3 is 1. The Bertz CT molecular complexity index is 350. The maximum Gasteiger partial charge on any atom is 0.163 e. The minimum Gasteiger partial charge on any atom is -0.496 e. The summed E-state index contributed by atoms with van der Waals surface area (Å²) in [5.74, 6) is -0.562. The number of carbonyl (C=O) groups excluding carboxylic acids is 1. The average Bonchev–Trinajstić information content (AvgIpc) is 2.08. The molecule has 0 aliphatic rings. The van der Waals surface area contributed by atoms with Crippen LogP contribution < -0.4 is 10.5 Å². The first-order chi connectivity index (χ1) is 6.06. The van der Waals surface area contributed by atoms with E-state index in [0.717, 1.165) is 6.07 Å². The summed E-state index contributed by atoms with van der Waals surface area (Å²) in [7, 11) is 1.40. The average molecular weight is 183 g/mol. The number of hydrogen-bond acceptors (Lipinski definition) is 3. The normalized spacial score (nSPS) is 9.77. The first-order valence-electron chi connectivity index (χ1n) is 3.70. The molecule has 1 aromatic rings. The summed E-state index contributed by atoms with van der Waals surface area (Å²) in [5, 5.41) is 0. The molecule has 0 amide bonds. The van der Waals surface area contributed by atoms with Crippen molar-refractivity contribution in [1.29, 1.82) is 0 Å². The quantitative estimate of drug-likeness (QED) is 0.560. The van der Waals surface area contributed by atoms with Gasteiger partial charge in [-0.05, 0) is 13.0 Å². The number of rotatable bonds is 2. The van der Waals surface area contributed by atoms with Crippen LogP contribution in [0.5, 0.6) is 5.75 Å². The van der Waals surface area contributed by atoms with E-state index >= 15 is 0 Å². The van der Waals surface area contributed by atoms with E-state index in [1.807, 2.05) is 0 Å². The molecular formula is C9H10FNO2. The molecule has 4 heteroatoms. The molecule has 3 nitrogen and oxygen atoms in total. The van der Waals surface area contributed by atoms with Crippen molar-refractivity contribution in [3.63, 3.8) is 0 Å². The van der Waals surface area contributed by atoms with Crippen molar-refractivity contribution in [2.24, 2.45) is 0 Å². The van der Waals surface area contributed by atoms with Crippen LogP contribution in [0.2, 0.25) is 0 Å². The number of halogens is 1. The standard InChI is InChI=1S/C9H10FNO2/c1-5(12)6-3-7(10)8(11)4-9(6)13-2/h3-4H,11H2,1-2H3. The summed E-state index contributed by atoms with van der Waals surface area (Å²) in [6, 6.07) is 2.38. The number of hydrogen-bond donors (Lipinski definition) is 1. The van der Waals surface area contributed by atoms with Gasteiger partial charge in [0, 0.05) is 6.07 Å². The highest BCUT2D eigenvalue weighted by Gasteiger charge is 2.11. The van der Waals surface area contributed by atoms with Crippen LogP contribution in [0.1, 0.15) is 17.3 Å². The second-order valence-corrected chi connectivity index (χ2v) is 2.63. The largest absolute Gasteiger partial charge is 0.496 e. The molecule has 0 radical (unpaired) electrons. The van der Waals surface area contributed by atoms with Gasteiger partial charge < -0.3 is 10.5 Å². The van der Waals surface area contributed by atoms with Crippen LogP contribution in [0.3, 0.4) is 0 Å². The third-order valence-electron chi connectivity index (χ3n) is 1.70. The maximum absolute atomic E-state index is 12.9. The lowest BCUT2D eigenvalue weighted by Crippen LogP contribution is -2.01. The summed E-state index contributed by atoms with van der Waals surface area (Å²) in [6.45, 7) is 1.34. The zero-order valence-corrected chi connectivity index (χ0v) is 7.43. The molecule has 0 saturated carbocycles. The van der Waals surface area contributed by atoms with E-state index < -0.39 is 5.82 Å². The van der Waals surface area contributed by atoms with Crippen LogP contribution in [0.15, 0.2) is 12.1 Å². The Balaban J connectivity index is 3.33. The van der Waals surface area contributed by atoms with Gasteiger partial charge in [0.1, 0.15) is 11.6 Å². The van der Waals surface area contributed by atoms with Crippen molar-refractivity contribution in [3.8, 4) is 5.75 Å². The van der Waals surface area contributed by atoms with Crippen LogP contribution in [0.25, 0.3) is 0 Å². The second-order valence-electron chi connectivity index (χ2n) is 2.63. The fourth-order valence-corrected chi connectivity index (χ4v) is 1.01.